The Labute approximate surface area is 131 Å². The normalized spacial score (nSPS) is 18.0. The van der Waals surface area contributed by atoms with Crippen LogP contribution in [0.25, 0.3) is 5.69 Å². The summed E-state index contributed by atoms with van der Waals surface area (Å²) in [6, 6.07) is 7.25. The standard InChI is InChI=1S/C15H14ClN3O3/c1-9-7-19(12-5-3-2-4-11(12)16)17-14(9)18-8-10(15(21)22)6-13(18)20/h2-5,7,10H,6,8H2,1H3,(H,21,22). The molecule has 1 fully saturated rings. The van der Waals surface area contributed by atoms with Gasteiger partial charge in [-0.05, 0) is 19.1 Å². The van der Waals surface area contributed by atoms with E-state index in [1.165, 1.54) is 4.90 Å². The Kier molecular flexibility index (Phi) is 3.62. The third-order valence-electron chi connectivity index (χ3n) is 3.70. The fourth-order valence-electron chi connectivity index (χ4n) is 2.56. The predicted octanol–water partition coefficient (Wildman–Crippen LogP) is 2.27. The minimum Gasteiger partial charge on any atom is -0.481 e. The van der Waals surface area contributed by atoms with Gasteiger partial charge in [0.25, 0.3) is 0 Å². The van der Waals surface area contributed by atoms with Crippen LogP contribution in [0.2, 0.25) is 5.02 Å². The average molecular weight is 320 g/mol. The van der Waals surface area contributed by atoms with Crippen LogP contribution in [-0.2, 0) is 9.59 Å². The van der Waals surface area contributed by atoms with Gasteiger partial charge in [-0.2, -0.15) is 0 Å². The van der Waals surface area contributed by atoms with Gasteiger partial charge >= 0.3 is 5.97 Å². The van der Waals surface area contributed by atoms with E-state index in [0.29, 0.717) is 16.5 Å². The van der Waals surface area contributed by atoms with Gasteiger partial charge in [0, 0.05) is 24.7 Å². The van der Waals surface area contributed by atoms with E-state index in [1.807, 2.05) is 25.1 Å². The van der Waals surface area contributed by atoms with Crippen molar-refractivity contribution in [2.75, 3.05) is 11.4 Å². The maximum Gasteiger partial charge on any atom is 0.308 e. The van der Waals surface area contributed by atoms with Gasteiger partial charge in [0.2, 0.25) is 5.91 Å². The number of halogens is 1. The molecule has 1 aliphatic heterocycles. The number of aromatic nitrogens is 2. The molecule has 1 aliphatic rings. The molecule has 1 aromatic carbocycles. The van der Waals surface area contributed by atoms with E-state index in [9.17, 15) is 9.59 Å². The van der Waals surface area contributed by atoms with Crippen LogP contribution in [0.15, 0.2) is 30.5 Å². The summed E-state index contributed by atoms with van der Waals surface area (Å²) in [5.74, 6) is -1.38. The Hall–Kier alpha value is -2.34. The molecule has 0 saturated carbocycles. The number of carboxylic acid groups (broad SMARTS) is 1. The molecule has 6 nitrogen and oxygen atoms in total. The number of anilines is 1. The molecule has 1 unspecified atom stereocenters. The van der Waals surface area contributed by atoms with E-state index in [-0.39, 0.29) is 18.9 Å². The van der Waals surface area contributed by atoms with Crippen molar-refractivity contribution in [3.8, 4) is 5.69 Å². The van der Waals surface area contributed by atoms with Gasteiger partial charge < -0.3 is 5.11 Å². The lowest BCUT2D eigenvalue weighted by Crippen LogP contribution is -2.27. The SMILES string of the molecule is Cc1cn(-c2ccccc2Cl)nc1N1CC(C(=O)O)CC1=O. The lowest BCUT2D eigenvalue weighted by molar-refractivity contribution is -0.141. The van der Waals surface area contributed by atoms with E-state index >= 15 is 0 Å². The van der Waals surface area contributed by atoms with Crippen molar-refractivity contribution in [2.24, 2.45) is 5.92 Å². The van der Waals surface area contributed by atoms with Crippen LogP contribution in [0.5, 0.6) is 0 Å². The Morgan fingerprint density at radius 2 is 2.14 bits per heavy atom. The summed E-state index contributed by atoms with van der Waals surface area (Å²) >= 11 is 6.15. The van der Waals surface area contributed by atoms with E-state index in [4.69, 9.17) is 16.7 Å². The largest absolute Gasteiger partial charge is 0.481 e. The molecule has 2 heterocycles. The van der Waals surface area contributed by atoms with Gasteiger partial charge in [0.05, 0.1) is 16.6 Å². The van der Waals surface area contributed by atoms with Gasteiger partial charge in [-0.15, -0.1) is 5.10 Å². The van der Waals surface area contributed by atoms with Crippen LogP contribution in [0.1, 0.15) is 12.0 Å². The quantitative estimate of drug-likeness (QED) is 0.941. The summed E-state index contributed by atoms with van der Waals surface area (Å²) in [6.45, 7) is 1.98. The maximum absolute atomic E-state index is 12.0. The second kappa shape index (κ2) is 5.46. The van der Waals surface area contributed by atoms with Crippen molar-refractivity contribution in [3.05, 3.63) is 41.0 Å². The van der Waals surface area contributed by atoms with Gasteiger partial charge in [0.15, 0.2) is 5.82 Å². The van der Waals surface area contributed by atoms with Crippen molar-refractivity contribution >= 4 is 29.3 Å². The van der Waals surface area contributed by atoms with Crippen molar-refractivity contribution in [1.29, 1.82) is 0 Å². The average Bonchev–Trinajstić information content (AvgIpc) is 3.02. The molecule has 2 aromatic rings. The Bertz CT molecular complexity index is 756. The van der Waals surface area contributed by atoms with Crippen LogP contribution in [0, 0.1) is 12.8 Å². The van der Waals surface area contributed by atoms with E-state index in [2.05, 4.69) is 5.10 Å². The number of carboxylic acids is 1. The Morgan fingerprint density at radius 1 is 1.41 bits per heavy atom. The molecule has 1 N–H and O–H groups in total. The number of rotatable bonds is 3. The first-order valence-corrected chi connectivity index (χ1v) is 7.19. The van der Waals surface area contributed by atoms with Crippen molar-refractivity contribution in [2.45, 2.75) is 13.3 Å². The van der Waals surface area contributed by atoms with Crippen LogP contribution >= 0.6 is 11.6 Å². The number of amides is 1. The number of nitrogens with zero attached hydrogens (tertiary/aromatic N) is 3. The van der Waals surface area contributed by atoms with Crippen LogP contribution in [0.3, 0.4) is 0 Å². The smallest absolute Gasteiger partial charge is 0.308 e. The molecule has 7 heteroatoms. The first kappa shape index (κ1) is 14.6. The Balaban J connectivity index is 1.95. The lowest BCUT2D eigenvalue weighted by atomic mass is 10.1. The first-order chi connectivity index (χ1) is 10.5. The minimum absolute atomic E-state index is 0.00767. The predicted molar refractivity (Wildman–Crippen MR) is 81.4 cm³/mol. The fourth-order valence-corrected chi connectivity index (χ4v) is 2.78. The highest BCUT2D eigenvalue weighted by atomic mass is 35.5. The summed E-state index contributed by atoms with van der Waals surface area (Å²) in [7, 11) is 0. The zero-order valence-electron chi connectivity index (χ0n) is 11.9. The molecule has 1 amide bonds. The fraction of sp³-hybridized carbons (Fsp3) is 0.267. The summed E-state index contributed by atoms with van der Waals surface area (Å²) in [4.78, 5) is 24.5. The minimum atomic E-state index is -0.959. The molecule has 114 valence electrons. The lowest BCUT2D eigenvalue weighted by Gasteiger charge is -2.13. The van der Waals surface area contributed by atoms with Crippen LogP contribution < -0.4 is 4.90 Å². The summed E-state index contributed by atoms with van der Waals surface area (Å²) in [5.41, 5.74) is 1.50. The van der Waals surface area contributed by atoms with Crippen molar-refractivity contribution in [1.82, 2.24) is 9.78 Å². The number of benzene rings is 1. The summed E-state index contributed by atoms with van der Waals surface area (Å²) < 4.78 is 1.61. The second-order valence-corrected chi connectivity index (χ2v) is 5.68. The zero-order valence-corrected chi connectivity index (χ0v) is 12.6. The molecule has 0 bridgehead atoms. The van der Waals surface area contributed by atoms with Crippen LogP contribution in [0.4, 0.5) is 5.82 Å². The van der Waals surface area contributed by atoms with Crippen molar-refractivity contribution < 1.29 is 14.7 Å². The Morgan fingerprint density at radius 3 is 2.77 bits per heavy atom. The van der Waals surface area contributed by atoms with Crippen molar-refractivity contribution in [3.63, 3.8) is 0 Å². The molecule has 3 rings (SSSR count). The molecule has 22 heavy (non-hydrogen) atoms. The topological polar surface area (TPSA) is 75.4 Å². The highest BCUT2D eigenvalue weighted by molar-refractivity contribution is 6.32. The molecule has 1 aromatic heterocycles. The second-order valence-electron chi connectivity index (χ2n) is 5.28. The van der Waals surface area contributed by atoms with Gasteiger partial charge in [0.1, 0.15) is 0 Å². The monoisotopic (exact) mass is 319 g/mol. The number of para-hydroxylation sites is 1. The number of aliphatic carboxylic acids is 1. The van der Waals surface area contributed by atoms with Crippen LogP contribution in [-0.4, -0.2) is 33.3 Å². The number of aryl methyl sites for hydroxylation is 1. The van der Waals surface area contributed by atoms with Gasteiger partial charge in [-0.3, -0.25) is 14.5 Å². The molecule has 0 aliphatic carbocycles. The molecular formula is C15H14ClN3O3. The maximum atomic E-state index is 12.0. The highest BCUT2D eigenvalue weighted by Crippen LogP contribution is 2.28. The summed E-state index contributed by atoms with van der Waals surface area (Å²) in [5, 5.41) is 14.0. The van der Waals surface area contributed by atoms with Gasteiger partial charge in [-0.1, -0.05) is 23.7 Å². The molecule has 1 saturated heterocycles. The van der Waals surface area contributed by atoms with E-state index in [1.54, 1.807) is 16.9 Å². The first-order valence-electron chi connectivity index (χ1n) is 6.81. The highest BCUT2D eigenvalue weighted by Gasteiger charge is 2.36. The number of carbonyl (C=O) groups is 2. The van der Waals surface area contributed by atoms with E-state index in [0.717, 1.165) is 5.56 Å². The number of carbonyl (C=O) groups excluding carboxylic acids is 1. The zero-order chi connectivity index (χ0) is 15.9. The molecule has 0 spiro atoms. The summed E-state index contributed by atoms with van der Waals surface area (Å²) in [6.07, 6.45) is 1.78. The number of hydrogen-bond donors (Lipinski definition) is 1. The molecule has 0 radical (unpaired) electrons. The molecule has 1 atom stereocenters. The third kappa shape index (κ3) is 2.46. The molecular weight excluding hydrogens is 306 g/mol. The number of hydrogen-bond acceptors (Lipinski definition) is 3. The van der Waals surface area contributed by atoms with E-state index < -0.39 is 11.9 Å². The third-order valence-corrected chi connectivity index (χ3v) is 4.02. The van der Waals surface area contributed by atoms with Gasteiger partial charge in [-0.25, -0.2) is 4.68 Å².